The van der Waals surface area contributed by atoms with Crippen LogP contribution in [0.2, 0.25) is 0 Å². The van der Waals surface area contributed by atoms with Crippen LogP contribution in [-0.2, 0) is 9.84 Å². The summed E-state index contributed by atoms with van der Waals surface area (Å²) in [5.74, 6) is 0.401. The average molecular weight is 336 g/mol. The molecule has 23 heavy (non-hydrogen) atoms. The molecule has 1 aromatic rings. The van der Waals surface area contributed by atoms with Crippen LogP contribution in [0.1, 0.15) is 42.5 Å². The number of carbonyl (C=O) groups excluding carboxylic acids is 1. The van der Waals surface area contributed by atoms with Gasteiger partial charge in [0.05, 0.1) is 11.5 Å². The van der Waals surface area contributed by atoms with Crippen LogP contribution in [0.15, 0.2) is 24.3 Å². The summed E-state index contributed by atoms with van der Waals surface area (Å²) in [6, 6.07) is 7.79. The van der Waals surface area contributed by atoms with Gasteiger partial charge in [-0.25, -0.2) is 8.42 Å². The van der Waals surface area contributed by atoms with E-state index in [4.69, 9.17) is 0 Å². The summed E-state index contributed by atoms with van der Waals surface area (Å²) >= 11 is 0. The van der Waals surface area contributed by atoms with Gasteiger partial charge >= 0.3 is 0 Å². The zero-order valence-electron chi connectivity index (χ0n) is 13.3. The smallest absolute Gasteiger partial charge is 0.251 e. The number of sulfone groups is 1. The van der Waals surface area contributed by atoms with E-state index in [0.717, 1.165) is 18.5 Å². The Hall–Kier alpha value is -1.56. The van der Waals surface area contributed by atoms with Gasteiger partial charge in [-0.05, 0) is 37.1 Å². The minimum Gasteiger partial charge on any atom is -0.369 e. The molecule has 3 rings (SSSR count). The summed E-state index contributed by atoms with van der Waals surface area (Å²) in [5, 5.41) is 3.11. The Morgan fingerprint density at radius 2 is 1.61 bits per heavy atom. The summed E-state index contributed by atoms with van der Waals surface area (Å²) in [6.07, 6.45) is 5.81. The van der Waals surface area contributed by atoms with Crippen molar-refractivity contribution >= 4 is 21.4 Å². The van der Waals surface area contributed by atoms with Crippen LogP contribution in [0.25, 0.3) is 0 Å². The third-order valence-electron chi connectivity index (χ3n) is 4.78. The quantitative estimate of drug-likeness (QED) is 0.917. The van der Waals surface area contributed by atoms with Crippen molar-refractivity contribution in [1.82, 2.24) is 5.32 Å². The highest BCUT2D eigenvalue weighted by Crippen LogP contribution is 2.20. The third-order valence-corrected chi connectivity index (χ3v) is 6.39. The molecule has 2 aliphatic rings. The second-order valence-corrected chi connectivity index (χ2v) is 8.80. The molecule has 0 spiro atoms. The molecule has 1 heterocycles. The average Bonchev–Trinajstić information content (AvgIpc) is 2.56. The van der Waals surface area contributed by atoms with Crippen molar-refractivity contribution in [2.45, 2.75) is 38.1 Å². The molecule has 2 fully saturated rings. The lowest BCUT2D eigenvalue weighted by Crippen LogP contribution is -2.40. The maximum absolute atomic E-state index is 12.3. The van der Waals surface area contributed by atoms with E-state index in [1.807, 2.05) is 24.3 Å². The number of nitrogens with zero attached hydrogens (tertiary/aromatic N) is 1. The summed E-state index contributed by atoms with van der Waals surface area (Å²) in [6.45, 7) is 1.05. The fraction of sp³-hybridized carbons (Fsp3) is 0.588. The molecule has 1 amide bonds. The number of anilines is 1. The van der Waals surface area contributed by atoms with Crippen LogP contribution in [0, 0.1) is 0 Å². The van der Waals surface area contributed by atoms with E-state index >= 15 is 0 Å². The molecular weight excluding hydrogens is 312 g/mol. The molecule has 126 valence electrons. The zero-order chi connectivity index (χ0) is 16.3. The van der Waals surface area contributed by atoms with Crippen molar-refractivity contribution < 1.29 is 13.2 Å². The Morgan fingerprint density at radius 1 is 1.00 bits per heavy atom. The van der Waals surface area contributed by atoms with E-state index in [2.05, 4.69) is 10.2 Å². The summed E-state index contributed by atoms with van der Waals surface area (Å²) in [7, 11) is -2.87. The first-order chi connectivity index (χ1) is 11.0. The van der Waals surface area contributed by atoms with Crippen molar-refractivity contribution in [2.75, 3.05) is 29.5 Å². The first-order valence-electron chi connectivity index (χ1n) is 8.40. The lowest BCUT2D eigenvalue weighted by molar-refractivity contribution is 0.0927. The van der Waals surface area contributed by atoms with Crippen LogP contribution < -0.4 is 10.2 Å². The number of rotatable bonds is 3. The van der Waals surface area contributed by atoms with Crippen molar-refractivity contribution in [2.24, 2.45) is 0 Å². The number of amides is 1. The third kappa shape index (κ3) is 4.25. The Balaban J connectivity index is 1.59. The van der Waals surface area contributed by atoms with Gasteiger partial charge in [0.2, 0.25) is 0 Å². The molecule has 0 radical (unpaired) electrons. The maximum atomic E-state index is 12.3. The minimum atomic E-state index is -2.87. The van der Waals surface area contributed by atoms with Crippen molar-refractivity contribution in [3.8, 4) is 0 Å². The van der Waals surface area contributed by atoms with Gasteiger partial charge < -0.3 is 10.2 Å². The largest absolute Gasteiger partial charge is 0.369 e. The van der Waals surface area contributed by atoms with Crippen LogP contribution in [-0.4, -0.2) is 45.0 Å². The lowest BCUT2D eigenvalue weighted by Gasteiger charge is -2.28. The molecule has 0 aromatic heterocycles. The highest BCUT2D eigenvalue weighted by molar-refractivity contribution is 7.91. The predicted octanol–water partition coefficient (Wildman–Crippen LogP) is 1.98. The first kappa shape index (κ1) is 16.3. The monoisotopic (exact) mass is 336 g/mol. The van der Waals surface area contributed by atoms with Gasteiger partial charge in [-0.15, -0.1) is 0 Å². The molecule has 5 nitrogen and oxygen atoms in total. The topological polar surface area (TPSA) is 66.5 Å². The van der Waals surface area contributed by atoms with E-state index < -0.39 is 9.84 Å². The second-order valence-electron chi connectivity index (χ2n) is 6.49. The highest BCUT2D eigenvalue weighted by atomic mass is 32.2. The Bertz CT molecular complexity index is 635. The van der Waals surface area contributed by atoms with Gasteiger partial charge in [0.25, 0.3) is 5.91 Å². The summed E-state index contributed by atoms with van der Waals surface area (Å²) in [5.41, 5.74) is 1.65. The Morgan fingerprint density at radius 3 is 2.22 bits per heavy atom. The van der Waals surface area contributed by atoms with Crippen molar-refractivity contribution in [3.63, 3.8) is 0 Å². The zero-order valence-corrected chi connectivity index (χ0v) is 14.1. The molecule has 0 atom stereocenters. The molecule has 1 aliphatic carbocycles. The van der Waals surface area contributed by atoms with Gasteiger partial charge in [-0.1, -0.05) is 19.3 Å². The van der Waals surface area contributed by atoms with Gasteiger partial charge in [0, 0.05) is 30.4 Å². The number of benzene rings is 1. The van der Waals surface area contributed by atoms with Crippen molar-refractivity contribution in [3.05, 3.63) is 29.8 Å². The molecule has 0 unspecified atom stereocenters. The SMILES string of the molecule is O=C(NC1CCCCC1)c1ccc(N2CCS(=O)(=O)CC2)cc1. The van der Waals surface area contributed by atoms with E-state index in [1.165, 1.54) is 19.3 Å². The maximum Gasteiger partial charge on any atom is 0.251 e. The highest BCUT2D eigenvalue weighted by Gasteiger charge is 2.22. The molecule has 1 saturated heterocycles. The summed E-state index contributed by atoms with van der Waals surface area (Å²) < 4.78 is 23.0. The fourth-order valence-electron chi connectivity index (χ4n) is 3.31. The van der Waals surface area contributed by atoms with E-state index in [1.54, 1.807) is 0 Å². The molecule has 1 aliphatic heterocycles. The van der Waals surface area contributed by atoms with Gasteiger partial charge in [-0.3, -0.25) is 4.79 Å². The Kier molecular flexibility index (Phi) is 4.90. The second kappa shape index (κ2) is 6.91. The summed E-state index contributed by atoms with van der Waals surface area (Å²) in [4.78, 5) is 14.3. The minimum absolute atomic E-state index is 0.00956. The van der Waals surface area contributed by atoms with Crippen molar-refractivity contribution in [1.29, 1.82) is 0 Å². The van der Waals surface area contributed by atoms with Crippen LogP contribution >= 0.6 is 0 Å². The first-order valence-corrected chi connectivity index (χ1v) is 10.2. The fourth-order valence-corrected chi connectivity index (χ4v) is 4.51. The van der Waals surface area contributed by atoms with E-state index in [9.17, 15) is 13.2 Å². The van der Waals surface area contributed by atoms with Gasteiger partial charge in [-0.2, -0.15) is 0 Å². The van der Waals surface area contributed by atoms with Crippen LogP contribution in [0.5, 0.6) is 0 Å². The molecule has 1 saturated carbocycles. The lowest BCUT2D eigenvalue weighted by atomic mass is 9.95. The molecule has 1 N–H and O–H groups in total. The van der Waals surface area contributed by atoms with Gasteiger partial charge in [0.15, 0.2) is 9.84 Å². The van der Waals surface area contributed by atoms with Crippen LogP contribution in [0.3, 0.4) is 0 Å². The van der Waals surface area contributed by atoms with E-state index in [-0.39, 0.29) is 17.4 Å². The number of hydrogen-bond acceptors (Lipinski definition) is 4. The number of carbonyl (C=O) groups is 1. The predicted molar refractivity (Wildman–Crippen MR) is 91.6 cm³/mol. The van der Waals surface area contributed by atoms with Crippen LogP contribution in [0.4, 0.5) is 5.69 Å². The number of hydrogen-bond donors (Lipinski definition) is 1. The normalized spacial score (nSPS) is 21.8. The molecule has 1 aromatic carbocycles. The molecular formula is C17H24N2O3S. The van der Waals surface area contributed by atoms with Gasteiger partial charge in [0.1, 0.15) is 0 Å². The Labute approximate surface area is 138 Å². The number of nitrogens with one attached hydrogen (secondary N) is 1. The van der Waals surface area contributed by atoms with E-state index in [0.29, 0.717) is 24.7 Å². The molecule has 6 heteroatoms. The standard InChI is InChI=1S/C17H24N2O3S/c20-17(18-15-4-2-1-3-5-15)14-6-8-16(9-7-14)19-10-12-23(21,22)13-11-19/h6-9,15H,1-5,10-13H2,(H,18,20). The molecule has 0 bridgehead atoms.